The maximum absolute atomic E-state index is 12.2. The van der Waals surface area contributed by atoms with Gasteiger partial charge in [0.1, 0.15) is 16.7 Å². The summed E-state index contributed by atoms with van der Waals surface area (Å²) < 4.78 is 1.59. The molecule has 0 fully saturated rings. The monoisotopic (exact) mass is 328 g/mol. The van der Waals surface area contributed by atoms with Gasteiger partial charge in [-0.25, -0.2) is 9.48 Å². The van der Waals surface area contributed by atoms with Gasteiger partial charge in [-0.3, -0.25) is 14.8 Å². The Labute approximate surface area is 138 Å². The Balaban J connectivity index is 2.26. The van der Waals surface area contributed by atoms with Crippen molar-refractivity contribution < 1.29 is 5.11 Å². The van der Waals surface area contributed by atoms with Crippen molar-refractivity contribution in [2.45, 2.75) is 39.3 Å². The molecule has 7 heteroatoms. The quantitative estimate of drug-likeness (QED) is 0.679. The summed E-state index contributed by atoms with van der Waals surface area (Å²) in [7, 11) is 0. The highest BCUT2D eigenvalue weighted by Crippen LogP contribution is 2.26. The van der Waals surface area contributed by atoms with Gasteiger partial charge >= 0.3 is 5.69 Å². The number of aliphatic hydroxyl groups excluding tert-OH is 1. The van der Waals surface area contributed by atoms with Crippen LogP contribution in [0.1, 0.15) is 49.2 Å². The molecular weight excluding hydrogens is 308 g/mol. The fourth-order valence-electron chi connectivity index (χ4n) is 2.79. The molecule has 0 aliphatic heterocycles. The first kappa shape index (κ1) is 16.2. The Morgan fingerprint density at radius 1 is 1.21 bits per heavy atom. The van der Waals surface area contributed by atoms with Crippen LogP contribution in [0.3, 0.4) is 0 Å². The van der Waals surface area contributed by atoms with E-state index in [1.54, 1.807) is 11.6 Å². The lowest BCUT2D eigenvalue weighted by molar-refractivity contribution is 0.169. The van der Waals surface area contributed by atoms with Crippen LogP contribution in [-0.2, 0) is 0 Å². The number of benzene rings is 1. The lowest BCUT2D eigenvalue weighted by Crippen LogP contribution is -2.23. The summed E-state index contributed by atoms with van der Waals surface area (Å²) in [5.74, 6) is 0. The summed E-state index contributed by atoms with van der Waals surface area (Å²) in [5, 5.41) is 14.9. The normalized spacial score (nSPS) is 14.0. The molecule has 1 aromatic carbocycles. The van der Waals surface area contributed by atoms with E-state index in [1.807, 2.05) is 38.1 Å². The molecule has 3 rings (SSSR count). The third-order valence-electron chi connectivity index (χ3n) is 4.25. The van der Waals surface area contributed by atoms with Crippen molar-refractivity contribution in [3.63, 3.8) is 0 Å². The molecule has 24 heavy (non-hydrogen) atoms. The molecule has 2 aromatic heterocycles. The van der Waals surface area contributed by atoms with Gasteiger partial charge in [-0.1, -0.05) is 36.8 Å². The largest absolute Gasteiger partial charge is 0.387 e. The van der Waals surface area contributed by atoms with Gasteiger partial charge in [-0.05, 0) is 25.8 Å². The fraction of sp³-hybridized carbons (Fsp3) is 0.353. The number of nitrogens with zero attached hydrogens (tertiary/aromatic N) is 2. The van der Waals surface area contributed by atoms with E-state index in [0.29, 0.717) is 12.1 Å². The van der Waals surface area contributed by atoms with Crippen LogP contribution < -0.4 is 11.2 Å². The van der Waals surface area contributed by atoms with Crippen molar-refractivity contribution in [1.82, 2.24) is 19.7 Å². The standard InChI is InChI=1S/C17H20N4O3/c1-4-12(22)14-13-15(18-17(24)19-16(13)23)21(20-14)10(3)11-7-5-9(2)6-8-11/h5-8,10,12,22H,4H2,1-3H3,(H2,18,19,23,24)/t10-,12-/m0/s1. The highest BCUT2D eigenvalue weighted by Gasteiger charge is 2.23. The molecule has 3 N–H and O–H groups in total. The first-order valence-electron chi connectivity index (χ1n) is 7.91. The minimum atomic E-state index is -0.869. The van der Waals surface area contributed by atoms with E-state index in [9.17, 15) is 14.7 Å². The van der Waals surface area contributed by atoms with Gasteiger partial charge in [0, 0.05) is 0 Å². The second kappa shape index (κ2) is 6.09. The summed E-state index contributed by atoms with van der Waals surface area (Å²) in [6.45, 7) is 5.74. The van der Waals surface area contributed by atoms with Crippen LogP contribution in [0.15, 0.2) is 33.9 Å². The van der Waals surface area contributed by atoms with E-state index < -0.39 is 17.4 Å². The lowest BCUT2D eigenvalue weighted by Gasteiger charge is -2.14. The number of aromatic nitrogens is 4. The number of rotatable bonds is 4. The topological polar surface area (TPSA) is 104 Å². The van der Waals surface area contributed by atoms with E-state index in [0.717, 1.165) is 11.1 Å². The number of aromatic amines is 2. The number of hydrogen-bond acceptors (Lipinski definition) is 4. The van der Waals surface area contributed by atoms with Crippen molar-refractivity contribution in [1.29, 1.82) is 0 Å². The molecule has 0 spiro atoms. The molecule has 0 aliphatic rings. The number of aliphatic hydroxyl groups is 1. The summed E-state index contributed by atoms with van der Waals surface area (Å²) in [4.78, 5) is 28.8. The maximum Gasteiger partial charge on any atom is 0.327 e. The first-order valence-corrected chi connectivity index (χ1v) is 7.91. The van der Waals surface area contributed by atoms with Crippen molar-refractivity contribution in [3.05, 3.63) is 61.9 Å². The molecular formula is C17H20N4O3. The molecule has 126 valence electrons. The van der Waals surface area contributed by atoms with Crippen LogP contribution in [0.25, 0.3) is 11.0 Å². The van der Waals surface area contributed by atoms with E-state index in [-0.39, 0.29) is 17.1 Å². The predicted octanol–water partition coefficient (Wildman–Crippen LogP) is 1.77. The molecule has 0 radical (unpaired) electrons. The van der Waals surface area contributed by atoms with Crippen LogP contribution in [0.2, 0.25) is 0 Å². The van der Waals surface area contributed by atoms with Crippen LogP contribution in [0.5, 0.6) is 0 Å². The van der Waals surface area contributed by atoms with Crippen LogP contribution in [-0.4, -0.2) is 24.9 Å². The van der Waals surface area contributed by atoms with Crippen molar-refractivity contribution >= 4 is 11.0 Å². The highest BCUT2D eigenvalue weighted by atomic mass is 16.3. The first-order chi connectivity index (χ1) is 11.4. The summed E-state index contributed by atoms with van der Waals surface area (Å²) >= 11 is 0. The molecule has 0 unspecified atom stereocenters. The van der Waals surface area contributed by atoms with E-state index in [4.69, 9.17) is 0 Å². The Bertz CT molecular complexity index is 982. The zero-order valence-corrected chi connectivity index (χ0v) is 13.8. The molecule has 0 saturated carbocycles. The molecule has 2 heterocycles. The van der Waals surface area contributed by atoms with Gasteiger partial charge in [-0.15, -0.1) is 0 Å². The lowest BCUT2D eigenvalue weighted by atomic mass is 10.1. The van der Waals surface area contributed by atoms with Gasteiger partial charge < -0.3 is 5.11 Å². The summed E-state index contributed by atoms with van der Waals surface area (Å²) in [6, 6.07) is 7.75. The third-order valence-corrected chi connectivity index (χ3v) is 4.25. The van der Waals surface area contributed by atoms with Crippen molar-refractivity contribution in [3.8, 4) is 0 Å². The van der Waals surface area contributed by atoms with Crippen molar-refractivity contribution in [2.24, 2.45) is 0 Å². The average Bonchev–Trinajstić information content (AvgIpc) is 2.93. The van der Waals surface area contributed by atoms with Gasteiger partial charge in [0.2, 0.25) is 0 Å². The third kappa shape index (κ3) is 2.67. The summed E-state index contributed by atoms with van der Waals surface area (Å²) in [5.41, 5.74) is 1.59. The predicted molar refractivity (Wildman–Crippen MR) is 91.2 cm³/mol. The zero-order chi connectivity index (χ0) is 17.4. The Morgan fingerprint density at radius 3 is 2.50 bits per heavy atom. The Kier molecular flexibility index (Phi) is 4.11. The van der Waals surface area contributed by atoms with Crippen LogP contribution in [0.4, 0.5) is 0 Å². The molecule has 0 amide bonds. The minimum absolute atomic E-state index is 0.205. The maximum atomic E-state index is 12.2. The number of fused-ring (bicyclic) bond motifs is 1. The van der Waals surface area contributed by atoms with E-state index in [2.05, 4.69) is 15.1 Å². The molecule has 0 saturated heterocycles. The van der Waals surface area contributed by atoms with Crippen molar-refractivity contribution in [2.75, 3.05) is 0 Å². The van der Waals surface area contributed by atoms with Gasteiger partial charge in [0.25, 0.3) is 5.56 Å². The van der Waals surface area contributed by atoms with Gasteiger partial charge in [0.05, 0.1) is 12.1 Å². The minimum Gasteiger partial charge on any atom is -0.387 e. The summed E-state index contributed by atoms with van der Waals surface area (Å²) in [6.07, 6.45) is -0.449. The molecule has 3 aromatic rings. The van der Waals surface area contributed by atoms with E-state index in [1.165, 1.54) is 0 Å². The number of nitrogens with one attached hydrogen (secondary N) is 2. The molecule has 7 nitrogen and oxygen atoms in total. The Hall–Kier alpha value is -2.67. The zero-order valence-electron chi connectivity index (χ0n) is 13.8. The highest BCUT2D eigenvalue weighted by molar-refractivity contribution is 5.77. The number of aryl methyl sites for hydroxylation is 1. The molecule has 0 bridgehead atoms. The number of H-pyrrole nitrogens is 2. The van der Waals surface area contributed by atoms with Gasteiger partial charge in [0.15, 0.2) is 0 Å². The second-order valence-electron chi connectivity index (χ2n) is 5.97. The Morgan fingerprint density at radius 2 is 1.88 bits per heavy atom. The fourth-order valence-corrected chi connectivity index (χ4v) is 2.79. The van der Waals surface area contributed by atoms with Crippen LogP contribution in [0, 0.1) is 6.92 Å². The SMILES string of the molecule is CC[C@H](O)c1nn([C@@H](C)c2ccc(C)cc2)c2[nH]c(=O)[nH]c(=O)c12. The average molecular weight is 328 g/mol. The molecule has 2 atom stereocenters. The van der Waals surface area contributed by atoms with E-state index >= 15 is 0 Å². The second-order valence-corrected chi connectivity index (χ2v) is 5.97. The molecule has 0 aliphatic carbocycles. The number of hydrogen-bond donors (Lipinski definition) is 3. The van der Waals surface area contributed by atoms with Crippen LogP contribution >= 0.6 is 0 Å². The van der Waals surface area contributed by atoms with Gasteiger partial charge in [-0.2, -0.15) is 5.10 Å². The smallest absolute Gasteiger partial charge is 0.327 e.